The first-order valence-electron chi connectivity index (χ1n) is 8.27. The van der Waals surface area contributed by atoms with E-state index in [1.807, 2.05) is 42.5 Å². The van der Waals surface area contributed by atoms with E-state index in [1.54, 1.807) is 23.9 Å². The third kappa shape index (κ3) is 4.86. The van der Waals surface area contributed by atoms with E-state index >= 15 is 0 Å². The largest absolute Gasteiger partial charge is 0.461 e. The van der Waals surface area contributed by atoms with Crippen LogP contribution in [0.1, 0.15) is 30.1 Å². The van der Waals surface area contributed by atoms with Crippen LogP contribution in [0.2, 0.25) is 0 Å². The summed E-state index contributed by atoms with van der Waals surface area (Å²) >= 11 is 1.56. The van der Waals surface area contributed by atoms with Crippen molar-refractivity contribution in [3.05, 3.63) is 60.2 Å². The van der Waals surface area contributed by atoms with Crippen molar-refractivity contribution < 1.29 is 19.1 Å². The van der Waals surface area contributed by atoms with Crippen LogP contribution in [0.25, 0.3) is 11.1 Å². The number of carbonyl (C=O) groups is 2. The molecule has 0 N–H and O–H groups in total. The van der Waals surface area contributed by atoms with Gasteiger partial charge in [0, 0.05) is 12.2 Å². The van der Waals surface area contributed by atoms with Gasteiger partial charge in [0.15, 0.2) is 0 Å². The molecule has 130 valence electrons. The monoisotopic (exact) mass is 356 g/mol. The molecule has 1 fully saturated rings. The lowest BCUT2D eigenvalue weighted by Gasteiger charge is -2.12. The van der Waals surface area contributed by atoms with E-state index in [9.17, 15) is 9.59 Å². The third-order valence-electron chi connectivity index (χ3n) is 3.99. The van der Waals surface area contributed by atoms with Crippen LogP contribution in [0.5, 0.6) is 0 Å². The summed E-state index contributed by atoms with van der Waals surface area (Å²) in [6.45, 7) is 1.74. The highest BCUT2D eigenvalue weighted by Gasteiger charge is 2.28. The second-order valence-corrected chi connectivity index (χ2v) is 7.38. The van der Waals surface area contributed by atoms with Crippen molar-refractivity contribution in [2.24, 2.45) is 0 Å². The van der Waals surface area contributed by atoms with Gasteiger partial charge < -0.3 is 9.47 Å². The lowest BCUT2D eigenvalue weighted by Crippen LogP contribution is -2.14. The van der Waals surface area contributed by atoms with E-state index < -0.39 is 0 Å². The molecule has 0 amide bonds. The molecule has 1 heterocycles. The Morgan fingerprint density at radius 1 is 1.00 bits per heavy atom. The molecule has 0 spiro atoms. The van der Waals surface area contributed by atoms with Crippen molar-refractivity contribution in [1.29, 1.82) is 0 Å². The maximum Gasteiger partial charge on any atom is 0.338 e. The minimum atomic E-state index is -0.323. The first-order chi connectivity index (χ1) is 12.1. The predicted molar refractivity (Wildman–Crippen MR) is 98.3 cm³/mol. The van der Waals surface area contributed by atoms with E-state index in [2.05, 4.69) is 0 Å². The van der Waals surface area contributed by atoms with Crippen LogP contribution in [0.3, 0.4) is 0 Å². The Balaban J connectivity index is 1.51. The number of carbonyl (C=O) groups excluding carboxylic acids is 2. The molecule has 1 saturated heterocycles. The highest BCUT2D eigenvalue weighted by atomic mass is 32.2. The SMILES string of the molecule is CC(=O)O[C@H]1CC[C@H](COC(=O)c2ccc(-c3ccccc3)cc2)S1. The molecule has 5 heteroatoms. The van der Waals surface area contributed by atoms with Crippen molar-refractivity contribution in [2.75, 3.05) is 6.61 Å². The van der Waals surface area contributed by atoms with Gasteiger partial charge in [-0.15, -0.1) is 11.8 Å². The van der Waals surface area contributed by atoms with Gasteiger partial charge in [-0.2, -0.15) is 0 Å². The van der Waals surface area contributed by atoms with Gasteiger partial charge in [-0.25, -0.2) is 4.79 Å². The summed E-state index contributed by atoms with van der Waals surface area (Å²) in [7, 11) is 0. The Morgan fingerprint density at radius 3 is 2.36 bits per heavy atom. The Hall–Kier alpha value is -2.27. The summed E-state index contributed by atoms with van der Waals surface area (Å²) in [5.41, 5.74) is 2.60. The molecule has 1 aliphatic rings. The van der Waals surface area contributed by atoms with Crippen LogP contribution in [-0.2, 0) is 14.3 Å². The number of hydrogen-bond acceptors (Lipinski definition) is 5. The van der Waals surface area contributed by atoms with Gasteiger partial charge in [-0.3, -0.25) is 4.79 Å². The molecule has 2 aromatic carbocycles. The number of esters is 2. The maximum atomic E-state index is 12.2. The lowest BCUT2D eigenvalue weighted by molar-refractivity contribution is -0.142. The highest BCUT2D eigenvalue weighted by Crippen LogP contribution is 2.34. The van der Waals surface area contributed by atoms with Crippen LogP contribution in [0.15, 0.2) is 54.6 Å². The molecule has 4 nitrogen and oxygen atoms in total. The zero-order valence-electron chi connectivity index (χ0n) is 14.0. The zero-order valence-corrected chi connectivity index (χ0v) is 14.8. The second kappa shape index (κ2) is 8.21. The zero-order chi connectivity index (χ0) is 17.6. The van der Waals surface area contributed by atoms with Crippen LogP contribution in [0.4, 0.5) is 0 Å². The smallest absolute Gasteiger partial charge is 0.338 e. The fourth-order valence-corrected chi connectivity index (χ4v) is 4.06. The highest BCUT2D eigenvalue weighted by molar-refractivity contribution is 8.00. The van der Waals surface area contributed by atoms with Gasteiger partial charge >= 0.3 is 11.9 Å². The molecule has 0 bridgehead atoms. The molecule has 25 heavy (non-hydrogen) atoms. The molecule has 2 atom stereocenters. The molecule has 0 aliphatic carbocycles. The van der Waals surface area contributed by atoms with E-state index in [-0.39, 0.29) is 22.6 Å². The van der Waals surface area contributed by atoms with E-state index in [0.29, 0.717) is 12.2 Å². The van der Waals surface area contributed by atoms with Crippen LogP contribution in [0, 0.1) is 0 Å². The number of benzene rings is 2. The fourth-order valence-electron chi connectivity index (χ4n) is 2.75. The summed E-state index contributed by atoms with van der Waals surface area (Å²) < 4.78 is 10.6. The van der Waals surface area contributed by atoms with Gasteiger partial charge in [0.2, 0.25) is 0 Å². The van der Waals surface area contributed by atoms with Gasteiger partial charge in [0.25, 0.3) is 0 Å². The molecule has 2 aromatic rings. The Kier molecular flexibility index (Phi) is 5.76. The topological polar surface area (TPSA) is 52.6 Å². The Labute approximate surface area is 151 Å². The fraction of sp³-hybridized carbons (Fsp3) is 0.300. The Bertz CT molecular complexity index is 727. The number of ether oxygens (including phenoxy) is 2. The van der Waals surface area contributed by atoms with Crippen LogP contribution >= 0.6 is 11.8 Å². The van der Waals surface area contributed by atoms with Crippen LogP contribution < -0.4 is 0 Å². The molecule has 0 unspecified atom stereocenters. The molecule has 0 saturated carbocycles. The van der Waals surface area contributed by atoms with Crippen molar-refractivity contribution in [1.82, 2.24) is 0 Å². The molecular weight excluding hydrogens is 336 g/mol. The first kappa shape index (κ1) is 17.5. The van der Waals surface area contributed by atoms with Crippen molar-refractivity contribution in [2.45, 2.75) is 30.5 Å². The minimum absolute atomic E-state index is 0.119. The second-order valence-electron chi connectivity index (χ2n) is 5.92. The summed E-state index contributed by atoms with van der Waals surface area (Å²) in [4.78, 5) is 23.2. The first-order valence-corrected chi connectivity index (χ1v) is 9.21. The molecule has 1 aliphatic heterocycles. The van der Waals surface area contributed by atoms with Gasteiger partial charge in [-0.1, -0.05) is 42.5 Å². The maximum absolute atomic E-state index is 12.2. The number of rotatable bonds is 5. The molecule has 0 aromatic heterocycles. The third-order valence-corrected chi connectivity index (χ3v) is 5.39. The van der Waals surface area contributed by atoms with Gasteiger partial charge in [-0.05, 0) is 36.1 Å². The summed E-state index contributed by atoms with van der Waals surface area (Å²) in [5.74, 6) is -0.593. The quantitative estimate of drug-likeness (QED) is 0.748. The lowest BCUT2D eigenvalue weighted by atomic mass is 10.0. The minimum Gasteiger partial charge on any atom is -0.461 e. The van der Waals surface area contributed by atoms with E-state index in [0.717, 1.165) is 24.0 Å². The summed E-state index contributed by atoms with van der Waals surface area (Å²) in [5, 5.41) is 0.178. The van der Waals surface area contributed by atoms with Gasteiger partial charge in [0.1, 0.15) is 12.0 Å². The molecular formula is C20H20O4S. The van der Waals surface area contributed by atoms with E-state index in [1.165, 1.54) is 6.92 Å². The molecule has 3 rings (SSSR count). The van der Waals surface area contributed by atoms with Gasteiger partial charge in [0.05, 0.1) is 5.56 Å². The molecule has 0 radical (unpaired) electrons. The number of thioether (sulfide) groups is 1. The normalized spacial score (nSPS) is 19.4. The van der Waals surface area contributed by atoms with Crippen molar-refractivity contribution >= 4 is 23.7 Å². The van der Waals surface area contributed by atoms with E-state index in [4.69, 9.17) is 9.47 Å². The average Bonchev–Trinajstić information content (AvgIpc) is 3.07. The standard InChI is InChI=1S/C20H20O4S/c1-14(21)24-19-12-11-18(25-19)13-23-20(22)17-9-7-16(8-10-17)15-5-3-2-4-6-15/h2-10,18-19H,11-13H2,1H3/t18-,19-/m1/s1. The predicted octanol–water partition coefficient (Wildman–Crippen LogP) is 4.30. The van der Waals surface area contributed by atoms with Crippen molar-refractivity contribution in [3.8, 4) is 11.1 Å². The van der Waals surface area contributed by atoms with Crippen LogP contribution in [-0.4, -0.2) is 29.2 Å². The summed E-state index contributed by atoms with van der Waals surface area (Å²) in [6, 6.07) is 17.4. The van der Waals surface area contributed by atoms with Crippen molar-refractivity contribution in [3.63, 3.8) is 0 Å². The number of hydrogen-bond donors (Lipinski definition) is 0. The summed E-state index contributed by atoms with van der Waals surface area (Å²) in [6.07, 6.45) is 1.68. The Morgan fingerprint density at radius 2 is 1.68 bits per heavy atom. The average molecular weight is 356 g/mol.